The molecule has 1 heterocycles. The minimum Gasteiger partial charge on any atom is -0.369 e. The topological polar surface area (TPSA) is 73.8 Å². The predicted octanol–water partition coefficient (Wildman–Crippen LogP) is 2.51. The highest BCUT2D eigenvalue weighted by atomic mass is 16.1. The molecule has 1 aromatic heterocycles. The molecule has 0 radical (unpaired) electrons. The Labute approximate surface area is 137 Å². The van der Waals surface area contributed by atoms with E-state index in [0.29, 0.717) is 5.82 Å². The van der Waals surface area contributed by atoms with Crippen LogP contribution in [0.3, 0.4) is 0 Å². The first-order valence-electron chi connectivity index (χ1n) is 8.26. The fourth-order valence-corrected chi connectivity index (χ4v) is 2.70. The van der Waals surface area contributed by atoms with Gasteiger partial charge in [-0.25, -0.2) is 9.67 Å². The molecule has 0 aliphatic rings. The first-order valence-corrected chi connectivity index (χ1v) is 8.26. The Morgan fingerprint density at radius 3 is 2.70 bits per heavy atom. The van der Waals surface area contributed by atoms with Gasteiger partial charge in [0.1, 0.15) is 5.82 Å². The molecule has 5 heteroatoms. The lowest BCUT2D eigenvalue weighted by atomic mass is 10.0. The third-order valence-corrected chi connectivity index (χ3v) is 3.96. The lowest BCUT2D eigenvalue weighted by molar-refractivity contribution is -0.117. The highest BCUT2D eigenvalue weighted by Gasteiger charge is 2.12. The van der Waals surface area contributed by atoms with Crippen LogP contribution in [0.25, 0.3) is 0 Å². The number of primary amides is 1. The molecule has 1 amide bonds. The Bertz CT molecular complexity index is 676. The van der Waals surface area contributed by atoms with Gasteiger partial charge in [-0.1, -0.05) is 37.1 Å². The summed E-state index contributed by atoms with van der Waals surface area (Å²) < 4.78 is 1.94. The monoisotopic (exact) mass is 314 g/mol. The van der Waals surface area contributed by atoms with Crippen molar-refractivity contribution >= 4 is 5.91 Å². The minimum atomic E-state index is -0.390. The highest BCUT2D eigenvalue weighted by molar-refractivity contribution is 5.75. The van der Waals surface area contributed by atoms with E-state index in [-0.39, 0.29) is 6.42 Å². The molecule has 0 atom stereocenters. The van der Waals surface area contributed by atoms with Crippen LogP contribution in [0.15, 0.2) is 18.2 Å². The van der Waals surface area contributed by atoms with Crippen LogP contribution in [-0.4, -0.2) is 20.7 Å². The van der Waals surface area contributed by atoms with Crippen molar-refractivity contribution in [1.29, 1.82) is 0 Å². The molecular weight excluding hydrogens is 288 g/mol. The van der Waals surface area contributed by atoms with Gasteiger partial charge in [-0.05, 0) is 37.8 Å². The SMILES string of the molecule is CCCCn1nc(CC(N)=O)nc1CCc1ccc(C)cc1C. The van der Waals surface area contributed by atoms with Crippen molar-refractivity contribution in [1.82, 2.24) is 14.8 Å². The molecule has 124 valence electrons. The smallest absolute Gasteiger partial charge is 0.225 e. The molecule has 1 aromatic carbocycles. The molecule has 2 aromatic rings. The van der Waals surface area contributed by atoms with Crippen LogP contribution in [0.2, 0.25) is 0 Å². The van der Waals surface area contributed by atoms with Crippen molar-refractivity contribution in [3.05, 3.63) is 46.5 Å². The Hall–Kier alpha value is -2.17. The molecule has 0 fully saturated rings. The Morgan fingerprint density at radius 2 is 2.04 bits per heavy atom. The van der Waals surface area contributed by atoms with Crippen LogP contribution >= 0.6 is 0 Å². The van der Waals surface area contributed by atoms with Gasteiger partial charge < -0.3 is 5.73 Å². The van der Waals surface area contributed by atoms with Gasteiger partial charge in [-0.15, -0.1) is 0 Å². The maximum atomic E-state index is 11.1. The summed E-state index contributed by atoms with van der Waals surface area (Å²) in [4.78, 5) is 15.6. The van der Waals surface area contributed by atoms with E-state index >= 15 is 0 Å². The van der Waals surface area contributed by atoms with Gasteiger partial charge in [-0.3, -0.25) is 4.79 Å². The van der Waals surface area contributed by atoms with Crippen LogP contribution < -0.4 is 5.73 Å². The van der Waals surface area contributed by atoms with Gasteiger partial charge in [0.2, 0.25) is 5.91 Å². The lowest BCUT2D eigenvalue weighted by Crippen LogP contribution is -2.14. The quantitative estimate of drug-likeness (QED) is 0.813. The molecule has 5 nitrogen and oxygen atoms in total. The number of rotatable bonds is 8. The number of nitrogens with two attached hydrogens (primary N) is 1. The second-order valence-corrected chi connectivity index (χ2v) is 6.09. The van der Waals surface area contributed by atoms with Crippen LogP contribution in [0.4, 0.5) is 0 Å². The first-order chi connectivity index (χ1) is 11.0. The zero-order valence-corrected chi connectivity index (χ0v) is 14.3. The van der Waals surface area contributed by atoms with Crippen molar-refractivity contribution in [2.75, 3.05) is 0 Å². The number of aromatic nitrogens is 3. The van der Waals surface area contributed by atoms with Crippen LogP contribution in [-0.2, 0) is 30.6 Å². The van der Waals surface area contributed by atoms with Gasteiger partial charge in [0.15, 0.2) is 5.82 Å². The third kappa shape index (κ3) is 4.91. The number of carbonyl (C=O) groups is 1. The summed E-state index contributed by atoms with van der Waals surface area (Å²) in [6.45, 7) is 7.23. The van der Waals surface area contributed by atoms with Crippen molar-refractivity contribution in [3.63, 3.8) is 0 Å². The Kier molecular flexibility index (Phi) is 5.90. The summed E-state index contributed by atoms with van der Waals surface area (Å²) in [5.74, 6) is 1.08. The molecule has 0 bridgehead atoms. The number of benzene rings is 1. The van der Waals surface area contributed by atoms with E-state index in [0.717, 1.165) is 38.1 Å². The fourth-order valence-electron chi connectivity index (χ4n) is 2.70. The molecule has 0 saturated carbocycles. The summed E-state index contributed by atoms with van der Waals surface area (Å²) in [6, 6.07) is 6.53. The van der Waals surface area contributed by atoms with E-state index in [4.69, 9.17) is 5.73 Å². The number of hydrogen-bond donors (Lipinski definition) is 1. The van der Waals surface area contributed by atoms with E-state index in [1.807, 2.05) is 4.68 Å². The van der Waals surface area contributed by atoms with E-state index < -0.39 is 5.91 Å². The van der Waals surface area contributed by atoms with Crippen molar-refractivity contribution in [3.8, 4) is 0 Å². The van der Waals surface area contributed by atoms with Gasteiger partial charge in [0, 0.05) is 13.0 Å². The van der Waals surface area contributed by atoms with Gasteiger partial charge in [0.25, 0.3) is 0 Å². The summed E-state index contributed by atoms with van der Waals surface area (Å²) in [6.07, 6.45) is 4.00. The average Bonchev–Trinajstić information content (AvgIpc) is 2.85. The van der Waals surface area contributed by atoms with Gasteiger partial charge >= 0.3 is 0 Å². The summed E-state index contributed by atoms with van der Waals surface area (Å²) in [5, 5.41) is 4.44. The first kappa shape index (κ1) is 17.2. The van der Waals surface area contributed by atoms with Crippen molar-refractivity contribution < 1.29 is 4.79 Å². The largest absolute Gasteiger partial charge is 0.369 e. The number of amides is 1. The van der Waals surface area contributed by atoms with Gasteiger partial charge in [0.05, 0.1) is 6.42 Å². The second-order valence-electron chi connectivity index (χ2n) is 6.09. The zero-order chi connectivity index (χ0) is 16.8. The van der Waals surface area contributed by atoms with Crippen LogP contribution in [0, 0.1) is 13.8 Å². The fraction of sp³-hybridized carbons (Fsp3) is 0.500. The van der Waals surface area contributed by atoms with E-state index in [9.17, 15) is 4.79 Å². The maximum Gasteiger partial charge on any atom is 0.225 e. The standard InChI is InChI=1S/C18H26N4O/c1-4-5-10-22-18(20-17(21-22)12-16(19)23)9-8-15-7-6-13(2)11-14(15)3/h6-7,11H,4-5,8-10,12H2,1-3H3,(H2,19,23). The summed E-state index contributed by atoms with van der Waals surface area (Å²) in [5.41, 5.74) is 9.17. The Morgan fingerprint density at radius 1 is 1.26 bits per heavy atom. The van der Waals surface area contributed by atoms with Crippen molar-refractivity contribution in [2.24, 2.45) is 5.73 Å². The number of aryl methyl sites for hydroxylation is 5. The molecule has 0 unspecified atom stereocenters. The van der Waals surface area contributed by atoms with Crippen LogP contribution in [0.5, 0.6) is 0 Å². The molecule has 0 spiro atoms. The number of unbranched alkanes of at least 4 members (excludes halogenated alkanes) is 1. The average molecular weight is 314 g/mol. The second kappa shape index (κ2) is 7.90. The number of hydrogen-bond acceptors (Lipinski definition) is 3. The summed E-state index contributed by atoms with van der Waals surface area (Å²) in [7, 11) is 0. The minimum absolute atomic E-state index is 0.107. The Balaban J connectivity index is 2.12. The molecule has 0 aliphatic heterocycles. The molecule has 0 aliphatic carbocycles. The number of nitrogens with zero attached hydrogens (tertiary/aromatic N) is 3. The third-order valence-electron chi connectivity index (χ3n) is 3.96. The van der Waals surface area contributed by atoms with E-state index in [1.165, 1.54) is 16.7 Å². The molecular formula is C18H26N4O. The summed E-state index contributed by atoms with van der Waals surface area (Å²) >= 11 is 0. The highest BCUT2D eigenvalue weighted by Crippen LogP contribution is 2.14. The zero-order valence-electron chi connectivity index (χ0n) is 14.3. The van der Waals surface area contributed by atoms with E-state index in [1.54, 1.807) is 0 Å². The van der Waals surface area contributed by atoms with Crippen molar-refractivity contribution in [2.45, 2.75) is 59.4 Å². The predicted molar refractivity (Wildman–Crippen MR) is 91.2 cm³/mol. The lowest BCUT2D eigenvalue weighted by Gasteiger charge is -2.08. The van der Waals surface area contributed by atoms with Gasteiger partial charge in [-0.2, -0.15) is 5.10 Å². The van der Waals surface area contributed by atoms with E-state index in [2.05, 4.69) is 49.1 Å². The molecule has 23 heavy (non-hydrogen) atoms. The number of carbonyl (C=O) groups excluding carboxylic acids is 1. The maximum absolute atomic E-state index is 11.1. The van der Waals surface area contributed by atoms with Crippen LogP contribution in [0.1, 0.15) is 48.1 Å². The normalized spacial score (nSPS) is 10.9. The molecule has 2 N–H and O–H groups in total. The molecule has 2 rings (SSSR count). The molecule has 0 saturated heterocycles.